The van der Waals surface area contributed by atoms with Crippen molar-refractivity contribution in [2.75, 3.05) is 26.7 Å². The molecule has 0 bridgehead atoms. The topological polar surface area (TPSA) is 20.2 Å². The summed E-state index contributed by atoms with van der Waals surface area (Å²) in [7, 11) is 4.33. The molecule has 3 nitrogen and oxygen atoms in total. The van der Waals surface area contributed by atoms with E-state index in [4.69, 9.17) is 0 Å². The van der Waals surface area contributed by atoms with Crippen molar-refractivity contribution in [3.63, 3.8) is 0 Å². The molecule has 0 amide bonds. The van der Waals surface area contributed by atoms with Crippen molar-refractivity contribution in [2.45, 2.75) is 12.5 Å². The summed E-state index contributed by atoms with van der Waals surface area (Å²) in [5.74, 6) is 0. The molecular weight excluding hydrogens is 222 g/mol. The first-order chi connectivity index (χ1) is 8.74. The summed E-state index contributed by atoms with van der Waals surface area (Å²) in [6.07, 6.45) is 3.26. The lowest BCUT2D eigenvalue weighted by atomic mass is 10.0. The minimum absolute atomic E-state index is 0.625. The average Bonchev–Trinajstić information content (AvgIpc) is 2.74. The number of piperazine rings is 1. The molecule has 0 aliphatic carbocycles. The van der Waals surface area contributed by atoms with Gasteiger partial charge in [0.05, 0.1) is 0 Å². The molecular formula is C15H21N3. The fourth-order valence-electron chi connectivity index (χ4n) is 2.82. The zero-order valence-electron chi connectivity index (χ0n) is 11.2. The van der Waals surface area contributed by atoms with Gasteiger partial charge in [-0.2, -0.15) is 0 Å². The molecule has 1 atom stereocenters. The van der Waals surface area contributed by atoms with Gasteiger partial charge >= 0.3 is 0 Å². The van der Waals surface area contributed by atoms with E-state index in [0.29, 0.717) is 6.04 Å². The first kappa shape index (κ1) is 11.8. The van der Waals surface area contributed by atoms with E-state index in [-0.39, 0.29) is 0 Å². The summed E-state index contributed by atoms with van der Waals surface area (Å²) in [5.41, 5.74) is 2.75. The van der Waals surface area contributed by atoms with Gasteiger partial charge in [-0.25, -0.2) is 0 Å². The molecule has 1 saturated heterocycles. The molecule has 18 heavy (non-hydrogen) atoms. The van der Waals surface area contributed by atoms with Gasteiger partial charge in [-0.1, -0.05) is 6.07 Å². The van der Waals surface area contributed by atoms with Crippen molar-refractivity contribution in [1.29, 1.82) is 0 Å². The Morgan fingerprint density at radius 3 is 3.00 bits per heavy atom. The Bertz CT molecular complexity index is 544. The Hall–Kier alpha value is -1.32. The van der Waals surface area contributed by atoms with Crippen molar-refractivity contribution >= 4 is 10.9 Å². The monoisotopic (exact) mass is 243 g/mol. The largest absolute Gasteiger partial charge is 0.351 e. The van der Waals surface area contributed by atoms with E-state index < -0.39 is 0 Å². The average molecular weight is 243 g/mol. The van der Waals surface area contributed by atoms with Crippen LogP contribution in [0.3, 0.4) is 0 Å². The maximum Gasteiger partial charge on any atom is 0.0477 e. The zero-order valence-corrected chi connectivity index (χ0v) is 11.2. The SMILES string of the molecule is CN1CCNCC1Cc1ccc2c(ccn2C)c1. The van der Waals surface area contributed by atoms with Gasteiger partial charge < -0.3 is 14.8 Å². The molecule has 1 aliphatic heterocycles. The normalized spacial score (nSPS) is 21.6. The molecule has 1 fully saturated rings. The summed E-state index contributed by atoms with van der Waals surface area (Å²) in [6.45, 7) is 3.37. The van der Waals surface area contributed by atoms with Crippen LogP contribution in [0.25, 0.3) is 10.9 Å². The molecule has 2 heterocycles. The van der Waals surface area contributed by atoms with E-state index in [1.165, 1.54) is 16.5 Å². The highest BCUT2D eigenvalue weighted by atomic mass is 15.2. The van der Waals surface area contributed by atoms with E-state index in [9.17, 15) is 0 Å². The number of aryl methyl sites for hydroxylation is 1. The van der Waals surface area contributed by atoms with Crippen molar-refractivity contribution in [3.8, 4) is 0 Å². The summed E-state index contributed by atoms with van der Waals surface area (Å²) in [5, 5.41) is 4.83. The van der Waals surface area contributed by atoms with Crippen molar-refractivity contribution in [3.05, 3.63) is 36.0 Å². The quantitative estimate of drug-likeness (QED) is 0.865. The predicted molar refractivity (Wildman–Crippen MR) is 75.9 cm³/mol. The molecule has 0 radical (unpaired) electrons. The fraction of sp³-hybridized carbons (Fsp3) is 0.467. The summed E-state index contributed by atoms with van der Waals surface area (Å²) in [6, 6.07) is 9.66. The van der Waals surface area contributed by atoms with Gasteiger partial charge in [-0.3, -0.25) is 0 Å². The molecule has 0 spiro atoms. The lowest BCUT2D eigenvalue weighted by Crippen LogP contribution is -2.50. The molecule has 3 heteroatoms. The number of rotatable bonds is 2. The second kappa shape index (κ2) is 4.75. The minimum atomic E-state index is 0.625. The van der Waals surface area contributed by atoms with Crippen molar-refractivity contribution in [1.82, 2.24) is 14.8 Å². The van der Waals surface area contributed by atoms with Gasteiger partial charge in [0.2, 0.25) is 0 Å². The first-order valence-corrected chi connectivity index (χ1v) is 6.69. The van der Waals surface area contributed by atoms with Gasteiger partial charge in [-0.05, 0) is 42.6 Å². The van der Waals surface area contributed by atoms with Crippen LogP contribution in [0.1, 0.15) is 5.56 Å². The molecule has 2 aromatic rings. The van der Waals surface area contributed by atoms with E-state index in [0.717, 1.165) is 26.1 Å². The van der Waals surface area contributed by atoms with Gasteiger partial charge in [-0.15, -0.1) is 0 Å². The van der Waals surface area contributed by atoms with E-state index >= 15 is 0 Å². The molecule has 1 unspecified atom stereocenters. The van der Waals surface area contributed by atoms with E-state index in [2.05, 4.69) is 59.3 Å². The molecule has 1 aromatic heterocycles. The molecule has 0 saturated carbocycles. The number of hydrogen-bond acceptors (Lipinski definition) is 2. The Morgan fingerprint density at radius 2 is 2.17 bits per heavy atom. The highest BCUT2D eigenvalue weighted by Crippen LogP contribution is 2.18. The standard InChI is InChI=1S/C15H21N3/c1-17-8-6-16-11-14(17)10-12-3-4-15-13(9-12)5-7-18(15)2/h3-5,7,9,14,16H,6,8,10-11H2,1-2H3. The van der Waals surface area contributed by atoms with Crippen LogP contribution in [0.5, 0.6) is 0 Å². The maximum atomic E-state index is 3.48. The minimum Gasteiger partial charge on any atom is -0.351 e. The molecule has 1 aromatic carbocycles. The smallest absolute Gasteiger partial charge is 0.0477 e. The van der Waals surface area contributed by atoms with Crippen molar-refractivity contribution < 1.29 is 0 Å². The number of fused-ring (bicyclic) bond motifs is 1. The number of benzene rings is 1. The predicted octanol–water partition coefficient (Wildman–Crippen LogP) is 1.62. The third kappa shape index (κ3) is 2.16. The second-order valence-corrected chi connectivity index (χ2v) is 5.36. The summed E-state index contributed by atoms with van der Waals surface area (Å²) >= 11 is 0. The summed E-state index contributed by atoms with van der Waals surface area (Å²) in [4.78, 5) is 2.46. The van der Waals surface area contributed by atoms with Crippen LogP contribution in [-0.2, 0) is 13.5 Å². The first-order valence-electron chi connectivity index (χ1n) is 6.69. The molecule has 3 rings (SSSR count). The van der Waals surface area contributed by atoms with Crippen LogP contribution in [0.15, 0.2) is 30.5 Å². The van der Waals surface area contributed by atoms with Gasteiger partial charge in [0, 0.05) is 44.4 Å². The number of aromatic nitrogens is 1. The van der Waals surface area contributed by atoms with Gasteiger partial charge in [0.25, 0.3) is 0 Å². The number of likely N-dealkylation sites (N-methyl/N-ethyl adjacent to an activating group) is 1. The van der Waals surface area contributed by atoms with Gasteiger partial charge in [0.1, 0.15) is 0 Å². The highest BCUT2D eigenvalue weighted by Gasteiger charge is 2.18. The van der Waals surface area contributed by atoms with Crippen LogP contribution in [0, 0.1) is 0 Å². The Kier molecular flexibility index (Phi) is 3.10. The molecule has 96 valence electrons. The number of nitrogens with zero attached hydrogens (tertiary/aromatic N) is 2. The maximum absolute atomic E-state index is 3.48. The summed E-state index contributed by atoms with van der Waals surface area (Å²) < 4.78 is 2.17. The van der Waals surface area contributed by atoms with Crippen LogP contribution < -0.4 is 5.32 Å². The lowest BCUT2D eigenvalue weighted by Gasteiger charge is -2.33. The molecule has 1 N–H and O–H groups in total. The van der Waals surface area contributed by atoms with Gasteiger partial charge in [0.15, 0.2) is 0 Å². The Labute approximate surface area is 108 Å². The number of hydrogen-bond donors (Lipinski definition) is 1. The van der Waals surface area contributed by atoms with Crippen LogP contribution >= 0.6 is 0 Å². The fourth-order valence-corrected chi connectivity index (χ4v) is 2.82. The third-order valence-electron chi connectivity index (χ3n) is 4.07. The number of nitrogens with one attached hydrogen (secondary N) is 1. The lowest BCUT2D eigenvalue weighted by molar-refractivity contribution is 0.199. The van der Waals surface area contributed by atoms with E-state index in [1.807, 2.05) is 0 Å². The van der Waals surface area contributed by atoms with E-state index in [1.54, 1.807) is 0 Å². The zero-order chi connectivity index (χ0) is 12.5. The third-order valence-corrected chi connectivity index (χ3v) is 4.07. The van der Waals surface area contributed by atoms with Crippen LogP contribution in [-0.4, -0.2) is 42.2 Å². The Balaban J connectivity index is 1.81. The van der Waals surface area contributed by atoms with Crippen LogP contribution in [0.4, 0.5) is 0 Å². The Morgan fingerprint density at radius 1 is 1.28 bits per heavy atom. The molecule has 1 aliphatic rings. The van der Waals surface area contributed by atoms with Crippen LogP contribution in [0.2, 0.25) is 0 Å². The highest BCUT2D eigenvalue weighted by molar-refractivity contribution is 5.80. The second-order valence-electron chi connectivity index (χ2n) is 5.36. The van der Waals surface area contributed by atoms with Crippen molar-refractivity contribution in [2.24, 2.45) is 7.05 Å².